The molecular formula is C11H17N3O. The van der Waals surface area contributed by atoms with Crippen molar-refractivity contribution in [2.24, 2.45) is 5.41 Å². The molecular weight excluding hydrogens is 190 g/mol. The molecule has 4 heteroatoms. The summed E-state index contributed by atoms with van der Waals surface area (Å²) in [6, 6.07) is 0.246. The first-order valence-electron chi connectivity index (χ1n) is 5.27. The van der Waals surface area contributed by atoms with Crippen LogP contribution >= 0.6 is 0 Å². The second-order valence-electron chi connectivity index (χ2n) is 4.54. The van der Waals surface area contributed by atoms with E-state index < -0.39 is 0 Å². The first-order chi connectivity index (χ1) is 7.20. The second-order valence-corrected chi connectivity index (χ2v) is 4.54. The van der Waals surface area contributed by atoms with Gasteiger partial charge in [-0.3, -0.25) is 9.97 Å². The zero-order chi connectivity index (χ0) is 10.7. The standard InChI is InChI=1S/C11H17N3O/c1-9(10-5-12-3-4-13-10)14-6-11(2)7-15-8-11/h3-5,9,14H,6-8H2,1-2H3. The van der Waals surface area contributed by atoms with Crippen LogP contribution in [0.2, 0.25) is 0 Å². The van der Waals surface area contributed by atoms with Crippen molar-refractivity contribution >= 4 is 0 Å². The van der Waals surface area contributed by atoms with Crippen LogP contribution in [0, 0.1) is 5.41 Å². The molecule has 2 rings (SSSR count). The quantitative estimate of drug-likeness (QED) is 0.805. The van der Waals surface area contributed by atoms with Crippen LogP contribution in [0.15, 0.2) is 18.6 Å². The van der Waals surface area contributed by atoms with E-state index in [1.54, 1.807) is 18.6 Å². The highest BCUT2D eigenvalue weighted by Crippen LogP contribution is 2.26. The predicted molar refractivity (Wildman–Crippen MR) is 57.4 cm³/mol. The molecule has 1 saturated heterocycles. The molecule has 4 nitrogen and oxygen atoms in total. The number of aromatic nitrogens is 2. The molecule has 0 spiro atoms. The number of nitrogens with zero attached hydrogens (tertiary/aromatic N) is 2. The lowest BCUT2D eigenvalue weighted by Crippen LogP contribution is -2.47. The highest BCUT2D eigenvalue weighted by molar-refractivity contribution is 5.01. The maximum Gasteiger partial charge on any atom is 0.0753 e. The predicted octanol–water partition coefficient (Wildman–Crippen LogP) is 1.16. The monoisotopic (exact) mass is 207 g/mol. The summed E-state index contributed by atoms with van der Waals surface area (Å²) in [6.07, 6.45) is 5.22. The summed E-state index contributed by atoms with van der Waals surface area (Å²) in [5.74, 6) is 0. The lowest BCUT2D eigenvalue weighted by atomic mass is 9.88. The van der Waals surface area contributed by atoms with Gasteiger partial charge in [-0.1, -0.05) is 6.92 Å². The Balaban J connectivity index is 1.85. The largest absolute Gasteiger partial charge is 0.380 e. The molecule has 0 saturated carbocycles. The molecule has 2 heterocycles. The fraction of sp³-hybridized carbons (Fsp3) is 0.636. The highest BCUT2D eigenvalue weighted by atomic mass is 16.5. The Hall–Kier alpha value is -1.00. The van der Waals surface area contributed by atoms with Crippen molar-refractivity contribution in [3.8, 4) is 0 Å². The summed E-state index contributed by atoms with van der Waals surface area (Å²) < 4.78 is 5.21. The molecule has 1 aromatic heterocycles. The van der Waals surface area contributed by atoms with Gasteiger partial charge in [0.2, 0.25) is 0 Å². The van der Waals surface area contributed by atoms with E-state index in [0.29, 0.717) is 5.41 Å². The van der Waals surface area contributed by atoms with Crippen LogP contribution in [0.4, 0.5) is 0 Å². The minimum Gasteiger partial charge on any atom is -0.380 e. The van der Waals surface area contributed by atoms with Crippen LogP contribution in [0.25, 0.3) is 0 Å². The molecule has 1 unspecified atom stereocenters. The Morgan fingerprint density at radius 2 is 2.33 bits per heavy atom. The molecule has 1 fully saturated rings. The molecule has 0 aliphatic carbocycles. The molecule has 0 aromatic carbocycles. The summed E-state index contributed by atoms with van der Waals surface area (Å²) in [5, 5.41) is 3.46. The third-order valence-corrected chi connectivity index (χ3v) is 2.76. The Morgan fingerprint density at radius 3 is 2.87 bits per heavy atom. The molecule has 0 amide bonds. The fourth-order valence-electron chi connectivity index (χ4n) is 1.59. The summed E-state index contributed by atoms with van der Waals surface area (Å²) >= 11 is 0. The van der Waals surface area contributed by atoms with Gasteiger partial charge in [-0.25, -0.2) is 0 Å². The summed E-state index contributed by atoms with van der Waals surface area (Å²) in [7, 11) is 0. The van der Waals surface area contributed by atoms with Crippen molar-refractivity contribution in [3.63, 3.8) is 0 Å². The van der Waals surface area contributed by atoms with Crippen LogP contribution < -0.4 is 5.32 Å². The van der Waals surface area contributed by atoms with Gasteiger partial charge >= 0.3 is 0 Å². The summed E-state index contributed by atoms with van der Waals surface area (Å²) in [5.41, 5.74) is 1.29. The van der Waals surface area contributed by atoms with Crippen LogP contribution in [0.1, 0.15) is 25.6 Å². The van der Waals surface area contributed by atoms with Crippen molar-refractivity contribution < 1.29 is 4.74 Å². The van der Waals surface area contributed by atoms with Gasteiger partial charge in [0, 0.05) is 36.6 Å². The third kappa shape index (κ3) is 2.52. The maximum absolute atomic E-state index is 5.21. The number of ether oxygens (including phenoxy) is 1. The zero-order valence-electron chi connectivity index (χ0n) is 9.23. The average Bonchev–Trinajstić information content (AvgIpc) is 2.24. The Labute approximate surface area is 90.1 Å². The highest BCUT2D eigenvalue weighted by Gasteiger charge is 2.33. The van der Waals surface area contributed by atoms with Crippen molar-refractivity contribution in [1.29, 1.82) is 0 Å². The number of hydrogen-bond acceptors (Lipinski definition) is 4. The van der Waals surface area contributed by atoms with E-state index in [1.165, 1.54) is 0 Å². The number of rotatable bonds is 4. The molecule has 1 N–H and O–H groups in total. The normalized spacial score (nSPS) is 20.7. The molecule has 82 valence electrons. The van der Waals surface area contributed by atoms with Crippen molar-refractivity contribution in [2.45, 2.75) is 19.9 Å². The Morgan fingerprint density at radius 1 is 1.53 bits per heavy atom. The zero-order valence-corrected chi connectivity index (χ0v) is 9.23. The van der Waals surface area contributed by atoms with E-state index in [4.69, 9.17) is 4.74 Å². The van der Waals surface area contributed by atoms with Crippen molar-refractivity contribution in [2.75, 3.05) is 19.8 Å². The lowest BCUT2D eigenvalue weighted by Gasteiger charge is -2.38. The molecule has 15 heavy (non-hydrogen) atoms. The molecule has 1 aliphatic rings. The molecule has 0 bridgehead atoms. The van der Waals surface area contributed by atoms with Gasteiger partial charge in [-0.2, -0.15) is 0 Å². The maximum atomic E-state index is 5.21. The van der Waals surface area contributed by atoms with E-state index in [0.717, 1.165) is 25.5 Å². The third-order valence-electron chi connectivity index (χ3n) is 2.76. The topological polar surface area (TPSA) is 47.0 Å². The van der Waals surface area contributed by atoms with Crippen LogP contribution in [0.5, 0.6) is 0 Å². The number of nitrogens with one attached hydrogen (secondary N) is 1. The minimum atomic E-state index is 0.246. The van der Waals surface area contributed by atoms with Crippen molar-refractivity contribution in [1.82, 2.24) is 15.3 Å². The lowest BCUT2D eigenvalue weighted by molar-refractivity contribution is -0.0999. The van der Waals surface area contributed by atoms with Crippen LogP contribution in [-0.2, 0) is 4.74 Å². The van der Waals surface area contributed by atoms with Gasteiger partial charge in [0.15, 0.2) is 0 Å². The van der Waals surface area contributed by atoms with Gasteiger partial charge < -0.3 is 10.1 Å². The van der Waals surface area contributed by atoms with E-state index in [-0.39, 0.29) is 6.04 Å². The van der Waals surface area contributed by atoms with E-state index in [2.05, 4.69) is 29.1 Å². The van der Waals surface area contributed by atoms with Gasteiger partial charge in [0.25, 0.3) is 0 Å². The molecule has 1 aromatic rings. The van der Waals surface area contributed by atoms with Gasteiger partial charge in [0.1, 0.15) is 0 Å². The SMILES string of the molecule is CC(NCC1(C)COC1)c1cnccn1. The number of hydrogen-bond donors (Lipinski definition) is 1. The van der Waals surface area contributed by atoms with Crippen LogP contribution in [-0.4, -0.2) is 29.7 Å². The molecule has 1 atom stereocenters. The minimum absolute atomic E-state index is 0.246. The summed E-state index contributed by atoms with van der Waals surface area (Å²) in [4.78, 5) is 8.32. The first-order valence-corrected chi connectivity index (χ1v) is 5.27. The van der Waals surface area contributed by atoms with Crippen LogP contribution in [0.3, 0.4) is 0 Å². The van der Waals surface area contributed by atoms with E-state index in [1.807, 2.05) is 0 Å². The Kier molecular flexibility index (Phi) is 2.98. The van der Waals surface area contributed by atoms with Gasteiger partial charge in [0.05, 0.1) is 18.9 Å². The fourth-order valence-corrected chi connectivity index (χ4v) is 1.59. The van der Waals surface area contributed by atoms with Gasteiger partial charge in [-0.05, 0) is 6.92 Å². The van der Waals surface area contributed by atoms with E-state index >= 15 is 0 Å². The van der Waals surface area contributed by atoms with E-state index in [9.17, 15) is 0 Å². The average molecular weight is 207 g/mol. The second kappa shape index (κ2) is 4.24. The van der Waals surface area contributed by atoms with Crippen molar-refractivity contribution in [3.05, 3.63) is 24.3 Å². The molecule has 0 radical (unpaired) electrons. The van der Waals surface area contributed by atoms with Gasteiger partial charge in [-0.15, -0.1) is 0 Å². The smallest absolute Gasteiger partial charge is 0.0753 e. The first kappa shape index (κ1) is 10.5. The molecule has 1 aliphatic heterocycles. The Bertz CT molecular complexity index is 311. The summed E-state index contributed by atoms with van der Waals surface area (Å²) in [6.45, 7) is 7.00.